The van der Waals surface area contributed by atoms with Gasteiger partial charge in [-0.15, -0.1) is 0 Å². The fourth-order valence-electron chi connectivity index (χ4n) is 1.42. The summed E-state index contributed by atoms with van der Waals surface area (Å²) in [6.45, 7) is 1.97. The molecule has 15 heavy (non-hydrogen) atoms. The summed E-state index contributed by atoms with van der Waals surface area (Å²) in [6.07, 6.45) is 2.41. The van der Waals surface area contributed by atoms with Crippen LogP contribution < -0.4 is 0 Å². The maximum Gasteiger partial charge on any atom is 0.142 e. The van der Waals surface area contributed by atoms with Crippen molar-refractivity contribution in [2.45, 2.75) is 32.6 Å². The Kier molecular flexibility index (Phi) is 4.76. The fourth-order valence-corrected chi connectivity index (χ4v) is 1.64. The van der Waals surface area contributed by atoms with E-state index in [4.69, 9.17) is 11.6 Å². The molecule has 82 valence electrons. The Morgan fingerprint density at radius 1 is 1.40 bits per heavy atom. The van der Waals surface area contributed by atoms with Crippen molar-refractivity contribution < 1.29 is 9.18 Å². The number of Topliss-reactive ketones (excluding diaryl/α,β-unsaturated/α-hetero) is 1. The van der Waals surface area contributed by atoms with E-state index in [1.165, 1.54) is 6.07 Å². The molecule has 0 spiro atoms. The molecule has 0 unspecified atom stereocenters. The van der Waals surface area contributed by atoms with Crippen LogP contribution in [0.5, 0.6) is 0 Å². The molecular formula is C12H14ClFO. The molecule has 0 N–H and O–H groups in total. The maximum absolute atomic E-state index is 13.0. The van der Waals surface area contributed by atoms with E-state index >= 15 is 0 Å². The highest BCUT2D eigenvalue weighted by Crippen LogP contribution is 2.21. The molecule has 1 rings (SSSR count). The third-order valence-electron chi connectivity index (χ3n) is 2.23. The van der Waals surface area contributed by atoms with E-state index in [0.717, 1.165) is 6.42 Å². The molecule has 0 aliphatic carbocycles. The SMILES string of the molecule is CCCC(=O)CCc1cccc(F)c1Cl. The molecule has 0 amide bonds. The predicted molar refractivity (Wildman–Crippen MR) is 59.6 cm³/mol. The Hall–Kier alpha value is -0.890. The highest BCUT2D eigenvalue weighted by Gasteiger charge is 2.07. The molecule has 0 aromatic heterocycles. The molecule has 0 saturated heterocycles. The fraction of sp³-hybridized carbons (Fsp3) is 0.417. The van der Waals surface area contributed by atoms with Gasteiger partial charge in [-0.25, -0.2) is 4.39 Å². The molecule has 1 aromatic rings. The van der Waals surface area contributed by atoms with Gasteiger partial charge in [0.2, 0.25) is 0 Å². The van der Waals surface area contributed by atoms with Crippen LogP contribution in [-0.2, 0) is 11.2 Å². The van der Waals surface area contributed by atoms with Crippen LogP contribution in [0.15, 0.2) is 18.2 Å². The molecule has 0 atom stereocenters. The van der Waals surface area contributed by atoms with Gasteiger partial charge in [0.25, 0.3) is 0 Å². The lowest BCUT2D eigenvalue weighted by molar-refractivity contribution is -0.119. The minimum absolute atomic E-state index is 0.141. The molecule has 0 bridgehead atoms. The van der Waals surface area contributed by atoms with E-state index in [0.29, 0.717) is 24.8 Å². The summed E-state index contributed by atoms with van der Waals surface area (Å²) >= 11 is 5.77. The molecule has 0 aliphatic heterocycles. The van der Waals surface area contributed by atoms with Gasteiger partial charge in [0.15, 0.2) is 0 Å². The van der Waals surface area contributed by atoms with Crippen molar-refractivity contribution >= 4 is 17.4 Å². The first-order valence-corrected chi connectivity index (χ1v) is 5.47. The highest BCUT2D eigenvalue weighted by molar-refractivity contribution is 6.31. The summed E-state index contributed by atoms with van der Waals surface area (Å²) < 4.78 is 13.0. The molecule has 0 fully saturated rings. The number of hydrogen-bond acceptors (Lipinski definition) is 1. The molecule has 1 aromatic carbocycles. The molecule has 0 saturated carbocycles. The zero-order valence-corrected chi connectivity index (χ0v) is 9.48. The van der Waals surface area contributed by atoms with E-state index in [-0.39, 0.29) is 10.8 Å². The van der Waals surface area contributed by atoms with E-state index in [1.54, 1.807) is 12.1 Å². The van der Waals surface area contributed by atoms with Crippen LogP contribution in [0.1, 0.15) is 31.7 Å². The summed E-state index contributed by atoms with van der Waals surface area (Å²) in [5, 5.41) is 0.141. The Morgan fingerprint density at radius 2 is 2.13 bits per heavy atom. The second-order valence-electron chi connectivity index (χ2n) is 3.50. The van der Waals surface area contributed by atoms with Gasteiger partial charge in [0.1, 0.15) is 11.6 Å². The van der Waals surface area contributed by atoms with Crippen LogP contribution in [0.4, 0.5) is 4.39 Å². The smallest absolute Gasteiger partial charge is 0.142 e. The molecular weight excluding hydrogens is 215 g/mol. The Bertz CT molecular complexity index is 349. The van der Waals surface area contributed by atoms with Gasteiger partial charge in [-0.2, -0.15) is 0 Å². The van der Waals surface area contributed by atoms with Crippen molar-refractivity contribution in [2.75, 3.05) is 0 Å². The quantitative estimate of drug-likeness (QED) is 0.750. The second-order valence-corrected chi connectivity index (χ2v) is 3.88. The topological polar surface area (TPSA) is 17.1 Å². The van der Waals surface area contributed by atoms with Gasteiger partial charge in [-0.05, 0) is 24.5 Å². The van der Waals surface area contributed by atoms with Crippen LogP contribution in [0.3, 0.4) is 0 Å². The lowest BCUT2D eigenvalue weighted by atomic mass is 10.1. The first kappa shape index (κ1) is 12.2. The highest BCUT2D eigenvalue weighted by atomic mass is 35.5. The van der Waals surface area contributed by atoms with Crippen molar-refractivity contribution in [3.05, 3.63) is 34.6 Å². The molecule has 1 nitrogen and oxygen atoms in total. The van der Waals surface area contributed by atoms with Gasteiger partial charge in [-0.3, -0.25) is 4.79 Å². The molecule has 0 aliphatic rings. The number of hydrogen-bond donors (Lipinski definition) is 0. The van der Waals surface area contributed by atoms with Crippen molar-refractivity contribution in [3.8, 4) is 0 Å². The minimum Gasteiger partial charge on any atom is -0.300 e. The number of carbonyl (C=O) groups excluding carboxylic acids is 1. The number of ketones is 1. The first-order chi connectivity index (χ1) is 7.15. The van der Waals surface area contributed by atoms with Gasteiger partial charge in [-0.1, -0.05) is 30.7 Å². The summed E-state index contributed by atoms with van der Waals surface area (Å²) in [7, 11) is 0. The Labute approximate surface area is 94.3 Å². The van der Waals surface area contributed by atoms with Crippen molar-refractivity contribution in [2.24, 2.45) is 0 Å². The van der Waals surface area contributed by atoms with Gasteiger partial charge in [0.05, 0.1) is 5.02 Å². The van der Waals surface area contributed by atoms with E-state index in [1.807, 2.05) is 6.92 Å². The van der Waals surface area contributed by atoms with Crippen LogP contribution in [-0.4, -0.2) is 5.78 Å². The number of rotatable bonds is 5. The number of carbonyl (C=O) groups is 1. The lowest BCUT2D eigenvalue weighted by Crippen LogP contribution is -2.00. The van der Waals surface area contributed by atoms with Crippen LogP contribution in [0.2, 0.25) is 5.02 Å². The third-order valence-corrected chi connectivity index (χ3v) is 2.66. The van der Waals surface area contributed by atoms with Gasteiger partial charge >= 0.3 is 0 Å². The predicted octanol–water partition coefficient (Wildman–Crippen LogP) is 3.78. The Balaban J connectivity index is 2.58. The van der Waals surface area contributed by atoms with Crippen molar-refractivity contribution in [1.82, 2.24) is 0 Å². The molecule has 0 heterocycles. The summed E-state index contributed by atoms with van der Waals surface area (Å²) in [5.41, 5.74) is 0.709. The number of benzene rings is 1. The summed E-state index contributed by atoms with van der Waals surface area (Å²) in [6, 6.07) is 4.69. The average molecular weight is 229 g/mol. The zero-order valence-electron chi connectivity index (χ0n) is 8.72. The van der Waals surface area contributed by atoms with Crippen LogP contribution in [0.25, 0.3) is 0 Å². The van der Waals surface area contributed by atoms with Crippen molar-refractivity contribution in [3.63, 3.8) is 0 Å². The van der Waals surface area contributed by atoms with Gasteiger partial charge < -0.3 is 0 Å². The third kappa shape index (κ3) is 3.63. The monoisotopic (exact) mass is 228 g/mol. The standard InChI is InChI=1S/C12H14ClFO/c1-2-4-10(15)8-7-9-5-3-6-11(14)12(9)13/h3,5-6H,2,4,7-8H2,1H3. The largest absolute Gasteiger partial charge is 0.300 e. The average Bonchev–Trinajstić information content (AvgIpc) is 2.21. The zero-order chi connectivity index (χ0) is 11.3. The van der Waals surface area contributed by atoms with E-state index in [9.17, 15) is 9.18 Å². The number of halogens is 2. The second kappa shape index (κ2) is 5.86. The minimum atomic E-state index is -0.419. The Morgan fingerprint density at radius 3 is 2.80 bits per heavy atom. The summed E-state index contributed by atoms with van der Waals surface area (Å²) in [4.78, 5) is 11.3. The first-order valence-electron chi connectivity index (χ1n) is 5.09. The van der Waals surface area contributed by atoms with Gasteiger partial charge in [0, 0.05) is 12.8 Å². The van der Waals surface area contributed by atoms with Crippen LogP contribution in [0, 0.1) is 5.82 Å². The van der Waals surface area contributed by atoms with E-state index < -0.39 is 5.82 Å². The van der Waals surface area contributed by atoms with E-state index in [2.05, 4.69) is 0 Å². The molecule has 3 heteroatoms. The molecule has 0 radical (unpaired) electrons. The number of aryl methyl sites for hydroxylation is 1. The normalized spacial score (nSPS) is 10.3. The summed E-state index contributed by atoms with van der Waals surface area (Å²) in [5.74, 6) is -0.213. The lowest BCUT2D eigenvalue weighted by Gasteiger charge is -2.03. The van der Waals surface area contributed by atoms with Crippen LogP contribution >= 0.6 is 11.6 Å². The maximum atomic E-state index is 13.0. The van der Waals surface area contributed by atoms with Crippen molar-refractivity contribution in [1.29, 1.82) is 0 Å².